The molecule has 4 aromatic rings. The van der Waals surface area contributed by atoms with Gasteiger partial charge in [0.2, 0.25) is 0 Å². The molecule has 218 valence electrons. The average molecular weight is 609 g/mol. The molecular formula is C31H29O9PS. The van der Waals surface area contributed by atoms with Crippen molar-refractivity contribution in [3.63, 3.8) is 0 Å². The fourth-order valence-electron chi connectivity index (χ4n) is 4.13. The van der Waals surface area contributed by atoms with Gasteiger partial charge in [0.1, 0.15) is 33.3 Å². The molecule has 11 heteroatoms. The van der Waals surface area contributed by atoms with Crippen molar-refractivity contribution in [3.05, 3.63) is 120 Å². The van der Waals surface area contributed by atoms with E-state index < -0.39 is 34.2 Å². The van der Waals surface area contributed by atoms with Crippen LogP contribution in [-0.2, 0) is 24.3 Å². The van der Waals surface area contributed by atoms with Crippen LogP contribution in [0.1, 0.15) is 31.1 Å². The van der Waals surface area contributed by atoms with E-state index >= 15 is 0 Å². The summed E-state index contributed by atoms with van der Waals surface area (Å²) in [6.07, 6.45) is 0. The zero-order chi connectivity index (χ0) is 30.9. The summed E-state index contributed by atoms with van der Waals surface area (Å²) < 4.78 is 46.3. The Morgan fingerprint density at radius 3 is 1.29 bits per heavy atom. The summed E-state index contributed by atoms with van der Waals surface area (Å²) in [5, 5.41) is 3.89. The van der Waals surface area contributed by atoms with Crippen LogP contribution in [0.2, 0.25) is 0 Å². The maximum atomic E-state index is 11.7. The second-order valence-electron chi connectivity index (χ2n) is 8.90. The zero-order valence-electron chi connectivity index (χ0n) is 23.3. The van der Waals surface area contributed by atoms with Crippen molar-refractivity contribution < 1.29 is 41.6 Å². The maximum absolute atomic E-state index is 11.7. The summed E-state index contributed by atoms with van der Waals surface area (Å²) in [5.74, 6) is -2.04. The first kappa shape index (κ1) is 32.1. The van der Waals surface area contributed by atoms with Gasteiger partial charge in [-0.2, -0.15) is 0 Å². The number of hydrogen-bond donors (Lipinski definition) is 0. The second kappa shape index (κ2) is 14.0. The van der Waals surface area contributed by atoms with Gasteiger partial charge in [-0.25, -0.2) is 22.8 Å². The van der Waals surface area contributed by atoms with E-state index in [0.717, 1.165) is 32.4 Å². The number of esters is 3. The van der Waals surface area contributed by atoms with E-state index in [1.54, 1.807) is 0 Å². The first-order valence-corrected chi connectivity index (χ1v) is 16.0. The van der Waals surface area contributed by atoms with Gasteiger partial charge in [-0.1, -0.05) is 36.4 Å². The highest BCUT2D eigenvalue weighted by atomic mass is 32.2. The van der Waals surface area contributed by atoms with Crippen molar-refractivity contribution >= 4 is 51.2 Å². The monoisotopic (exact) mass is 608 g/mol. The number of benzene rings is 4. The van der Waals surface area contributed by atoms with Crippen molar-refractivity contribution in [2.75, 3.05) is 28.0 Å². The number of rotatable bonds is 7. The van der Waals surface area contributed by atoms with Crippen molar-refractivity contribution in [2.45, 2.75) is 4.90 Å². The molecule has 0 atom stereocenters. The quantitative estimate of drug-likeness (QED) is 0.134. The van der Waals surface area contributed by atoms with E-state index in [-0.39, 0.29) is 17.1 Å². The third kappa shape index (κ3) is 7.47. The minimum Gasteiger partial charge on any atom is -0.744 e. The van der Waals surface area contributed by atoms with Gasteiger partial charge in [0, 0.05) is 0 Å². The normalized spacial score (nSPS) is 11.0. The van der Waals surface area contributed by atoms with Crippen LogP contribution in [0.4, 0.5) is 0 Å². The molecule has 0 amide bonds. The van der Waals surface area contributed by atoms with Crippen molar-refractivity contribution in [3.8, 4) is 0 Å². The maximum Gasteiger partial charge on any atom is 0.337 e. The van der Waals surface area contributed by atoms with Crippen LogP contribution in [0.3, 0.4) is 0 Å². The average Bonchev–Trinajstić information content (AvgIpc) is 3.03. The summed E-state index contributed by atoms with van der Waals surface area (Å²) in [6, 6.07) is 31.7. The van der Waals surface area contributed by atoms with E-state index in [1.807, 2.05) is 24.3 Å². The molecule has 0 unspecified atom stereocenters. The standard InChI is InChI=1S/C21H20O2P.C10H10O7S/c1-23-21(22)17-13-15-20(16-14-17)24(2,18-9-5-3-6-10-18)19-11-7-4-8-12-19;1-16-9(11)6-3-7(10(12)17-2)5-8(4-6)18(13,14)15/h3-16H,1-2H3;3-5H,1-2H3,(H,13,14,15)/q+1;/p-1. The predicted octanol–water partition coefficient (Wildman–Crippen LogP) is 3.56. The predicted molar refractivity (Wildman–Crippen MR) is 159 cm³/mol. The molecule has 0 saturated heterocycles. The van der Waals surface area contributed by atoms with E-state index in [4.69, 9.17) is 4.74 Å². The van der Waals surface area contributed by atoms with Gasteiger partial charge in [-0.05, 0) is 66.7 Å². The molecule has 9 nitrogen and oxygen atoms in total. The lowest BCUT2D eigenvalue weighted by Gasteiger charge is -2.23. The molecular weight excluding hydrogens is 579 g/mol. The first-order valence-electron chi connectivity index (χ1n) is 12.4. The topological polar surface area (TPSA) is 136 Å². The molecule has 0 aliphatic rings. The minimum atomic E-state index is -4.80. The molecule has 4 aromatic carbocycles. The van der Waals surface area contributed by atoms with Crippen molar-refractivity contribution in [2.24, 2.45) is 0 Å². The summed E-state index contributed by atoms with van der Waals surface area (Å²) in [6.45, 7) is 2.32. The molecule has 0 aliphatic carbocycles. The van der Waals surface area contributed by atoms with Crippen LogP contribution in [0.25, 0.3) is 0 Å². The molecule has 0 spiro atoms. The van der Waals surface area contributed by atoms with E-state index in [0.29, 0.717) is 5.56 Å². The largest absolute Gasteiger partial charge is 0.744 e. The third-order valence-corrected chi connectivity index (χ3v) is 11.2. The van der Waals surface area contributed by atoms with Gasteiger partial charge in [-0.3, -0.25) is 0 Å². The number of carbonyl (C=O) groups excluding carboxylic acids is 3. The van der Waals surface area contributed by atoms with Gasteiger partial charge >= 0.3 is 17.9 Å². The van der Waals surface area contributed by atoms with E-state index in [2.05, 4.69) is 76.8 Å². The van der Waals surface area contributed by atoms with Gasteiger partial charge in [0.25, 0.3) is 0 Å². The lowest BCUT2D eigenvalue weighted by atomic mass is 10.1. The summed E-state index contributed by atoms with van der Waals surface area (Å²) in [4.78, 5) is 33.6. The molecule has 0 saturated carbocycles. The first-order chi connectivity index (χ1) is 19.9. The van der Waals surface area contributed by atoms with Crippen LogP contribution in [0, 0.1) is 0 Å². The van der Waals surface area contributed by atoms with Gasteiger partial charge in [0.05, 0.1) is 49.6 Å². The lowest BCUT2D eigenvalue weighted by Crippen LogP contribution is -2.30. The Hall–Kier alpha value is -4.37. The number of methoxy groups -OCH3 is 3. The van der Waals surface area contributed by atoms with Crippen molar-refractivity contribution in [1.82, 2.24) is 0 Å². The SMILES string of the molecule is COC(=O)c1cc(C(=O)OC)cc(S(=O)(=O)[O-])c1.COC(=O)c1ccc([P+](C)(c2ccccc2)c2ccccc2)cc1. The Balaban J connectivity index is 0.000000241. The second-order valence-corrected chi connectivity index (χ2v) is 13.8. The van der Waals surface area contributed by atoms with Crippen molar-refractivity contribution in [1.29, 1.82) is 0 Å². The van der Waals surface area contributed by atoms with Gasteiger partial charge in [0.15, 0.2) is 0 Å². The highest BCUT2D eigenvalue weighted by Crippen LogP contribution is 2.51. The lowest BCUT2D eigenvalue weighted by molar-refractivity contribution is 0.0587. The molecule has 42 heavy (non-hydrogen) atoms. The fourth-order valence-corrected chi connectivity index (χ4v) is 7.85. The Bertz CT molecular complexity index is 1580. The highest BCUT2D eigenvalue weighted by molar-refractivity contribution is 7.95. The van der Waals surface area contributed by atoms with E-state index in [1.165, 1.54) is 23.0 Å². The third-order valence-electron chi connectivity index (χ3n) is 6.39. The molecule has 0 bridgehead atoms. The number of ether oxygens (including phenoxy) is 3. The molecule has 0 aromatic heterocycles. The molecule has 0 heterocycles. The van der Waals surface area contributed by atoms with Crippen LogP contribution < -0.4 is 15.9 Å². The molecule has 0 aliphatic heterocycles. The number of hydrogen-bond acceptors (Lipinski definition) is 9. The Labute approximate surface area is 245 Å². The fraction of sp³-hybridized carbons (Fsp3) is 0.129. The summed E-state index contributed by atoms with van der Waals surface area (Å²) in [7, 11) is -2.97. The number of carbonyl (C=O) groups is 3. The summed E-state index contributed by atoms with van der Waals surface area (Å²) in [5.41, 5.74) is 0.124. The highest BCUT2D eigenvalue weighted by Gasteiger charge is 2.40. The molecule has 4 rings (SSSR count). The summed E-state index contributed by atoms with van der Waals surface area (Å²) >= 11 is 0. The van der Waals surface area contributed by atoms with Crippen LogP contribution in [0.15, 0.2) is 108 Å². The van der Waals surface area contributed by atoms with Crippen LogP contribution in [0.5, 0.6) is 0 Å². The molecule has 0 radical (unpaired) electrons. The van der Waals surface area contributed by atoms with Crippen LogP contribution in [-0.4, -0.2) is 58.9 Å². The van der Waals surface area contributed by atoms with Crippen LogP contribution >= 0.6 is 7.26 Å². The zero-order valence-corrected chi connectivity index (χ0v) is 25.1. The Morgan fingerprint density at radius 2 is 0.929 bits per heavy atom. The smallest absolute Gasteiger partial charge is 0.337 e. The molecule has 0 fully saturated rings. The molecule has 0 N–H and O–H groups in total. The van der Waals surface area contributed by atoms with Gasteiger partial charge < -0.3 is 18.8 Å². The minimum absolute atomic E-state index is 0.227. The van der Waals surface area contributed by atoms with Gasteiger partial charge in [-0.15, -0.1) is 0 Å². The van der Waals surface area contributed by atoms with E-state index in [9.17, 15) is 27.4 Å². The Morgan fingerprint density at radius 1 is 0.571 bits per heavy atom. The Kier molecular flexibility index (Phi) is 10.7.